The average Bonchev–Trinajstić information content (AvgIpc) is 3.11. The van der Waals surface area contributed by atoms with E-state index in [1.807, 2.05) is 29.6 Å². The molecule has 1 aromatic carbocycles. The first-order valence-electron chi connectivity index (χ1n) is 8.14. The van der Waals surface area contributed by atoms with Crippen molar-refractivity contribution >= 4 is 28.3 Å². The molecule has 3 rings (SSSR count). The lowest BCUT2D eigenvalue weighted by Crippen LogP contribution is -2.35. The van der Waals surface area contributed by atoms with Crippen molar-refractivity contribution in [3.8, 4) is 11.4 Å². The van der Waals surface area contributed by atoms with Gasteiger partial charge in [-0.25, -0.2) is 4.98 Å². The third kappa shape index (κ3) is 4.73. The van der Waals surface area contributed by atoms with Gasteiger partial charge in [-0.1, -0.05) is 24.3 Å². The summed E-state index contributed by atoms with van der Waals surface area (Å²) < 4.78 is 0. The Hall–Kier alpha value is -3.06. The van der Waals surface area contributed by atoms with Crippen LogP contribution in [0.3, 0.4) is 0 Å². The third-order valence-corrected chi connectivity index (χ3v) is 4.34. The maximum atomic E-state index is 12.2. The molecule has 7 heteroatoms. The smallest absolute Gasteiger partial charge is 0.251 e. The van der Waals surface area contributed by atoms with Crippen LogP contribution in [-0.4, -0.2) is 27.8 Å². The number of benzene rings is 1. The second-order valence-corrected chi connectivity index (χ2v) is 6.60. The number of thiazole rings is 1. The molecule has 0 bridgehead atoms. The molecule has 6 nitrogen and oxygen atoms in total. The van der Waals surface area contributed by atoms with Gasteiger partial charge in [0.15, 0.2) is 5.13 Å². The van der Waals surface area contributed by atoms with E-state index in [-0.39, 0.29) is 24.3 Å². The van der Waals surface area contributed by atoms with Crippen molar-refractivity contribution in [3.05, 3.63) is 65.7 Å². The van der Waals surface area contributed by atoms with Crippen LogP contribution >= 0.6 is 11.3 Å². The number of aromatic nitrogens is 2. The van der Waals surface area contributed by atoms with Crippen LogP contribution in [0.1, 0.15) is 23.7 Å². The van der Waals surface area contributed by atoms with Gasteiger partial charge in [0, 0.05) is 29.6 Å². The molecule has 0 saturated carbocycles. The van der Waals surface area contributed by atoms with Crippen molar-refractivity contribution < 1.29 is 9.59 Å². The molecule has 1 atom stereocenters. The van der Waals surface area contributed by atoms with Gasteiger partial charge in [0.2, 0.25) is 5.91 Å². The number of nitrogens with zero attached hydrogens (tertiary/aromatic N) is 2. The van der Waals surface area contributed by atoms with Gasteiger partial charge in [0.1, 0.15) is 5.69 Å². The van der Waals surface area contributed by atoms with Crippen LogP contribution in [0.15, 0.2) is 60.1 Å². The maximum absolute atomic E-state index is 12.2. The lowest BCUT2D eigenvalue weighted by atomic mass is 10.1. The van der Waals surface area contributed by atoms with Crippen LogP contribution in [0, 0.1) is 0 Å². The summed E-state index contributed by atoms with van der Waals surface area (Å²) in [4.78, 5) is 32.9. The maximum Gasteiger partial charge on any atom is 0.251 e. The minimum atomic E-state index is -0.294. The molecule has 2 amide bonds. The molecule has 0 fully saturated rings. The Morgan fingerprint density at radius 3 is 2.58 bits per heavy atom. The first-order chi connectivity index (χ1) is 12.6. The van der Waals surface area contributed by atoms with Gasteiger partial charge in [-0.05, 0) is 31.2 Å². The standard InChI is InChI=1S/C19H18N4O2S/c1-13(21-18(25)14-7-3-2-4-8-14)11-17(24)23-19-22-16(12-26-19)15-9-5-6-10-20-15/h2-10,12-13H,11H2,1H3,(H,21,25)(H,22,23,24)/t13-/m1/s1. The molecule has 0 aliphatic heterocycles. The zero-order chi connectivity index (χ0) is 18.4. The molecule has 132 valence electrons. The van der Waals surface area contributed by atoms with E-state index in [2.05, 4.69) is 20.6 Å². The Balaban J connectivity index is 1.52. The van der Waals surface area contributed by atoms with Crippen LogP contribution in [0.25, 0.3) is 11.4 Å². The summed E-state index contributed by atoms with van der Waals surface area (Å²) in [5, 5.41) is 7.94. The fraction of sp³-hybridized carbons (Fsp3) is 0.158. The first-order valence-corrected chi connectivity index (χ1v) is 9.02. The topological polar surface area (TPSA) is 84.0 Å². The zero-order valence-electron chi connectivity index (χ0n) is 14.2. The van der Waals surface area contributed by atoms with E-state index < -0.39 is 0 Å². The third-order valence-electron chi connectivity index (χ3n) is 3.58. The highest BCUT2D eigenvalue weighted by atomic mass is 32.1. The number of pyridine rings is 1. The summed E-state index contributed by atoms with van der Waals surface area (Å²) >= 11 is 1.34. The molecule has 2 aromatic heterocycles. The van der Waals surface area contributed by atoms with Crippen LogP contribution in [0.5, 0.6) is 0 Å². The molecule has 0 radical (unpaired) electrons. The van der Waals surface area contributed by atoms with Crippen molar-refractivity contribution in [2.45, 2.75) is 19.4 Å². The fourth-order valence-corrected chi connectivity index (χ4v) is 3.08. The molecule has 2 N–H and O–H groups in total. The highest BCUT2D eigenvalue weighted by Gasteiger charge is 2.14. The Morgan fingerprint density at radius 1 is 1.08 bits per heavy atom. The summed E-state index contributed by atoms with van der Waals surface area (Å²) in [7, 11) is 0. The van der Waals surface area contributed by atoms with E-state index in [9.17, 15) is 9.59 Å². The van der Waals surface area contributed by atoms with Gasteiger partial charge in [-0.2, -0.15) is 0 Å². The predicted octanol–water partition coefficient (Wildman–Crippen LogP) is 3.35. The van der Waals surface area contributed by atoms with Gasteiger partial charge in [0.25, 0.3) is 5.91 Å². The van der Waals surface area contributed by atoms with Crippen LogP contribution in [-0.2, 0) is 4.79 Å². The molecule has 0 aliphatic rings. The first kappa shape index (κ1) is 17.8. The van der Waals surface area contributed by atoms with Gasteiger partial charge >= 0.3 is 0 Å². The minimum absolute atomic E-state index is 0.164. The van der Waals surface area contributed by atoms with E-state index in [4.69, 9.17) is 0 Å². The molecule has 0 unspecified atom stereocenters. The van der Waals surface area contributed by atoms with Crippen molar-refractivity contribution in [1.82, 2.24) is 15.3 Å². The fourth-order valence-electron chi connectivity index (χ4n) is 2.36. The van der Waals surface area contributed by atoms with Gasteiger partial charge < -0.3 is 10.6 Å². The number of hydrogen-bond donors (Lipinski definition) is 2. The van der Waals surface area contributed by atoms with Crippen molar-refractivity contribution in [2.75, 3.05) is 5.32 Å². The van der Waals surface area contributed by atoms with E-state index in [1.54, 1.807) is 37.4 Å². The Bertz CT molecular complexity index is 881. The number of anilines is 1. The van der Waals surface area contributed by atoms with Crippen molar-refractivity contribution in [3.63, 3.8) is 0 Å². The SMILES string of the molecule is C[C@H](CC(=O)Nc1nc(-c2ccccn2)cs1)NC(=O)c1ccccc1. The number of amides is 2. The Labute approximate surface area is 155 Å². The highest BCUT2D eigenvalue weighted by Crippen LogP contribution is 2.23. The van der Waals surface area contributed by atoms with Crippen LogP contribution in [0.4, 0.5) is 5.13 Å². The number of carbonyl (C=O) groups is 2. The summed E-state index contributed by atoms with van der Waals surface area (Å²) in [6, 6.07) is 14.2. The molecule has 0 saturated heterocycles. The second-order valence-electron chi connectivity index (χ2n) is 5.75. The summed E-state index contributed by atoms with van der Waals surface area (Å²) in [5.41, 5.74) is 2.05. The Morgan fingerprint density at radius 2 is 1.85 bits per heavy atom. The molecular weight excluding hydrogens is 348 g/mol. The number of nitrogens with one attached hydrogen (secondary N) is 2. The van der Waals surface area contributed by atoms with Gasteiger partial charge in [-0.15, -0.1) is 11.3 Å². The van der Waals surface area contributed by atoms with E-state index in [0.29, 0.717) is 10.7 Å². The van der Waals surface area contributed by atoms with Crippen molar-refractivity contribution in [1.29, 1.82) is 0 Å². The largest absolute Gasteiger partial charge is 0.349 e. The molecular formula is C19H18N4O2S. The van der Waals surface area contributed by atoms with E-state index >= 15 is 0 Å². The van der Waals surface area contributed by atoms with Crippen LogP contribution in [0.2, 0.25) is 0 Å². The van der Waals surface area contributed by atoms with Gasteiger partial charge in [0.05, 0.1) is 5.69 Å². The zero-order valence-corrected chi connectivity index (χ0v) is 15.0. The minimum Gasteiger partial charge on any atom is -0.349 e. The molecule has 0 aliphatic carbocycles. The van der Waals surface area contributed by atoms with Crippen molar-refractivity contribution in [2.24, 2.45) is 0 Å². The molecule has 2 heterocycles. The monoisotopic (exact) mass is 366 g/mol. The summed E-state index contributed by atoms with van der Waals surface area (Å²) in [6.07, 6.45) is 1.86. The lowest BCUT2D eigenvalue weighted by Gasteiger charge is -2.13. The molecule has 0 spiro atoms. The average molecular weight is 366 g/mol. The summed E-state index contributed by atoms with van der Waals surface area (Å²) in [6.45, 7) is 1.79. The van der Waals surface area contributed by atoms with Gasteiger partial charge in [-0.3, -0.25) is 14.6 Å². The molecule has 3 aromatic rings. The summed E-state index contributed by atoms with van der Waals surface area (Å²) in [5.74, 6) is -0.398. The number of rotatable bonds is 6. The second kappa shape index (κ2) is 8.35. The highest BCUT2D eigenvalue weighted by molar-refractivity contribution is 7.14. The lowest BCUT2D eigenvalue weighted by molar-refractivity contribution is -0.116. The Kier molecular flexibility index (Phi) is 5.70. The van der Waals surface area contributed by atoms with Crippen LogP contribution < -0.4 is 10.6 Å². The van der Waals surface area contributed by atoms with E-state index in [0.717, 1.165) is 11.4 Å². The quantitative estimate of drug-likeness (QED) is 0.701. The predicted molar refractivity (Wildman–Crippen MR) is 102 cm³/mol. The normalized spacial score (nSPS) is 11.6. The number of carbonyl (C=O) groups excluding carboxylic acids is 2. The molecule has 26 heavy (non-hydrogen) atoms. The van der Waals surface area contributed by atoms with E-state index in [1.165, 1.54) is 11.3 Å². The number of hydrogen-bond acceptors (Lipinski definition) is 5.